The molecule has 3 amide bonds. The van der Waals surface area contributed by atoms with Gasteiger partial charge in [-0.15, -0.1) is 0 Å². The number of rotatable bonds is 3. The lowest BCUT2D eigenvalue weighted by atomic mass is 10.1. The van der Waals surface area contributed by atoms with Crippen molar-refractivity contribution in [3.05, 3.63) is 59.7 Å². The first-order valence-corrected chi connectivity index (χ1v) is 8.24. The summed E-state index contributed by atoms with van der Waals surface area (Å²) in [6.45, 7) is 4.13. The standard InChI is InChI=1S/C19H21N3O3/c1-14-7-8-15(18(23)20-16-5-3-2-4-6-16)13-17(14)21-19(24)22-9-11-25-12-10-22/h2-8,13H,9-12H2,1H3,(H,20,23)(H,21,24). The molecule has 3 rings (SSSR count). The zero-order valence-corrected chi connectivity index (χ0v) is 14.1. The predicted molar refractivity (Wildman–Crippen MR) is 97.0 cm³/mol. The van der Waals surface area contributed by atoms with Crippen LogP contribution in [0.2, 0.25) is 0 Å². The summed E-state index contributed by atoms with van der Waals surface area (Å²) in [5.74, 6) is -0.215. The first-order valence-electron chi connectivity index (χ1n) is 8.24. The maximum atomic E-state index is 12.4. The van der Waals surface area contributed by atoms with Gasteiger partial charge in [0.05, 0.1) is 13.2 Å². The van der Waals surface area contributed by atoms with E-state index in [0.29, 0.717) is 37.6 Å². The van der Waals surface area contributed by atoms with Gasteiger partial charge in [0.1, 0.15) is 0 Å². The Bertz CT molecular complexity index is 756. The van der Waals surface area contributed by atoms with E-state index in [4.69, 9.17) is 4.74 Å². The Kier molecular flexibility index (Phi) is 5.30. The Morgan fingerprint density at radius 3 is 2.44 bits per heavy atom. The Labute approximate surface area is 146 Å². The second-order valence-corrected chi connectivity index (χ2v) is 5.88. The highest BCUT2D eigenvalue weighted by Gasteiger charge is 2.18. The minimum absolute atomic E-state index is 0.174. The molecule has 0 saturated carbocycles. The number of anilines is 2. The van der Waals surface area contributed by atoms with Gasteiger partial charge in [-0.2, -0.15) is 0 Å². The molecule has 0 atom stereocenters. The van der Waals surface area contributed by atoms with Gasteiger partial charge in [-0.25, -0.2) is 4.79 Å². The summed E-state index contributed by atoms with van der Waals surface area (Å²) < 4.78 is 5.26. The molecule has 0 aromatic heterocycles. The molecule has 6 nitrogen and oxygen atoms in total. The average Bonchev–Trinajstić information content (AvgIpc) is 2.65. The molecule has 130 valence electrons. The molecular weight excluding hydrogens is 318 g/mol. The Hall–Kier alpha value is -2.86. The van der Waals surface area contributed by atoms with Crippen LogP contribution in [0.1, 0.15) is 15.9 Å². The topological polar surface area (TPSA) is 70.7 Å². The third-order valence-corrected chi connectivity index (χ3v) is 4.07. The molecule has 2 aromatic carbocycles. The smallest absolute Gasteiger partial charge is 0.322 e. The molecule has 25 heavy (non-hydrogen) atoms. The summed E-state index contributed by atoms with van der Waals surface area (Å²) >= 11 is 0. The Morgan fingerprint density at radius 1 is 1.00 bits per heavy atom. The van der Waals surface area contributed by atoms with E-state index in [1.807, 2.05) is 43.3 Å². The minimum atomic E-state index is -0.215. The Balaban J connectivity index is 1.71. The van der Waals surface area contributed by atoms with Crippen LogP contribution in [0.3, 0.4) is 0 Å². The molecule has 0 unspecified atom stereocenters. The van der Waals surface area contributed by atoms with Gasteiger partial charge in [-0.3, -0.25) is 4.79 Å². The van der Waals surface area contributed by atoms with E-state index in [1.165, 1.54) is 0 Å². The van der Waals surface area contributed by atoms with Crippen molar-refractivity contribution in [2.24, 2.45) is 0 Å². The van der Waals surface area contributed by atoms with Crippen LogP contribution in [0.5, 0.6) is 0 Å². The van der Waals surface area contributed by atoms with Crippen LogP contribution in [0.4, 0.5) is 16.2 Å². The van der Waals surface area contributed by atoms with E-state index in [9.17, 15) is 9.59 Å². The van der Waals surface area contributed by atoms with Crippen LogP contribution < -0.4 is 10.6 Å². The lowest BCUT2D eigenvalue weighted by molar-refractivity contribution is 0.0564. The molecule has 1 aliphatic rings. The predicted octanol–water partition coefficient (Wildman–Crippen LogP) is 3.11. The fourth-order valence-corrected chi connectivity index (χ4v) is 2.58. The normalized spacial score (nSPS) is 14.0. The number of urea groups is 1. The van der Waals surface area contributed by atoms with Crippen molar-refractivity contribution in [1.82, 2.24) is 4.90 Å². The summed E-state index contributed by atoms with van der Waals surface area (Å²) in [7, 11) is 0. The van der Waals surface area contributed by atoms with Crippen molar-refractivity contribution >= 4 is 23.3 Å². The number of amides is 3. The van der Waals surface area contributed by atoms with Crippen molar-refractivity contribution in [2.45, 2.75) is 6.92 Å². The van der Waals surface area contributed by atoms with Crippen molar-refractivity contribution in [3.8, 4) is 0 Å². The molecular formula is C19H21N3O3. The monoisotopic (exact) mass is 339 g/mol. The summed E-state index contributed by atoms with van der Waals surface area (Å²) in [5, 5.41) is 5.73. The lowest BCUT2D eigenvalue weighted by Crippen LogP contribution is -2.43. The SMILES string of the molecule is Cc1ccc(C(=O)Nc2ccccc2)cc1NC(=O)N1CCOCC1. The zero-order chi connectivity index (χ0) is 17.6. The number of carbonyl (C=O) groups excluding carboxylic acids is 2. The number of nitrogens with zero attached hydrogens (tertiary/aromatic N) is 1. The maximum Gasteiger partial charge on any atom is 0.322 e. The number of para-hydroxylation sites is 1. The van der Waals surface area contributed by atoms with E-state index in [2.05, 4.69) is 10.6 Å². The number of benzene rings is 2. The summed E-state index contributed by atoms with van der Waals surface area (Å²) in [6, 6.07) is 14.4. The second-order valence-electron chi connectivity index (χ2n) is 5.88. The number of ether oxygens (including phenoxy) is 1. The van der Waals surface area contributed by atoms with Crippen molar-refractivity contribution in [2.75, 3.05) is 36.9 Å². The van der Waals surface area contributed by atoms with Crippen molar-refractivity contribution < 1.29 is 14.3 Å². The molecule has 0 bridgehead atoms. The molecule has 1 fully saturated rings. The fraction of sp³-hybridized carbons (Fsp3) is 0.263. The zero-order valence-electron chi connectivity index (χ0n) is 14.1. The van der Waals surface area contributed by atoms with Gasteiger partial charge in [-0.05, 0) is 36.8 Å². The molecule has 1 aliphatic heterocycles. The number of hydrogen-bond acceptors (Lipinski definition) is 3. The van der Waals surface area contributed by atoms with Gasteiger partial charge in [0.2, 0.25) is 0 Å². The summed E-state index contributed by atoms with van der Waals surface area (Å²) in [4.78, 5) is 26.5. The van der Waals surface area contributed by atoms with Gasteiger partial charge >= 0.3 is 6.03 Å². The molecule has 0 spiro atoms. The molecule has 0 aliphatic carbocycles. The minimum Gasteiger partial charge on any atom is -0.378 e. The summed E-state index contributed by atoms with van der Waals surface area (Å²) in [6.07, 6.45) is 0. The number of aryl methyl sites for hydroxylation is 1. The molecule has 1 saturated heterocycles. The Morgan fingerprint density at radius 2 is 1.72 bits per heavy atom. The molecule has 0 radical (unpaired) electrons. The van der Waals surface area contributed by atoms with Crippen LogP contribution in [0, 0.1) is 6.92 Å². The van der Waals surface area contributed by atoms with Crippen LogP contribution in [-0.4, -0.2) is 43.1 Å². The van der Waals surface area contributed by atoms with Crippen LogP contribution in [0.15, 0.2) is 48.5 Å². The first-order chi connectivity index (χ1) is 12.1. The van der Waals surface area contributed by atoms with E-state index >= 15 is 0 Å². The number of carbonyl (C=O) groups is 2. The fourth-order valence-electron chi connectivity index (χ4n) is 2.58. The quantitative estimate of drug-likeness (QED) is 0.903. The van der Waals surface area contributed by atoms with Crippen molar-refractivity contribution in [1.29, 1.82) is 0 Å². The van der Waals surface area contributed by atoms with Crippen LogP contribution in [-0.2, 0) is 4.74 Å². The highest BCUT2D eigenvalue weighted by molar-refractivity contribution is 6.05. The lowest BCUT2D eigenvalue weighted by Gasteiger charge is -2.27. The number of morpholine rings is 1. The first kappa shape index (κ1) is 17.0. The molecule has 2 aromatic rings. The second kappa shape index (κ2) is 7.81. The largest absolute Gasteiger partial charge is 0.378 e. The maximum absolute atomic E-state index is 12.4. The van der Waals surface area contributed by atoms with Gasteiger partial charge in [0, 0.05) is 30.0 Å². The summed E-state index contributed by atoms with van der Waals surface area (Å²) in [5.41, 5.74) is 2.76. The van der Waals surface area contributed by atoms with Crippen LogP contribution >= 0.6 is 0 Å². The third-order valence-electron chi connectivity index (χ3n) is 4.07. The highest BCUT2D eigenvalue weighted by Crippen LogP contribution is 2.19. The van der Waals surface area contributed by atoms with Gasteiger partial charge < -0.3 is 20.3 Å². The van der Waals surface area contributed by atoms with E-state index in [-0.39, 0.29) is 11.9 Å². The highest BCUT2D eigenvalue weighted by atomic mass is 16.5. The van der Waals surface area contributed by atoms with Gasteiger partial charge in [0.15, 0.2) is 0 Å². The van der Waals surface area contributed by atoms with E-state index in [0.717, 1.165) is 11.3 Å². The molecule has 2 N–H and O–H groups in total. The van der Waals surface area contributed by atoms with E-state index in [1.54, 1.807) is 17.0 Å². The van der Waals surface area contributed by atoms with Crippen molar-refractivity contribution in [3.63, 3.8) is 0 Å². The van der Waals surface area contributed by atoms with Gasteiger partial charge in [-0.1, -0.05) is 24.3 Å². The number of nitrogens with one attached hydrogen (secondary N) is 2. The number of hydrogen-bond donors (Lipinski definition) is 2. The average molecular weight is 339 g/mol. The third kappa shape index (κ3) is 4.36. The molecule has 6 heteroatoms. The molecule has 1 heterocycles. The van der Waals surface area contributed by atoms with Crippen LogP contribution in [0.25, 0.3) is 0 Å². The van der Waals surface area contributed by atoms with Gasteiger partial charge in [0.25, 0.3) is 5.91 Å². The van der Waals surface area contributed by atoms with E-state index < -0.39 is 0 Å².